The van der Waals surface area contributed by atoms with Gasteiger partial charge in [-0.3, -0.25) is 4.79 Å². The van der Waals surface area contributed by atoms with Gasteiger partial charge in [-0.15, -0.1) is 0 Å². The summed E-state index contributed by atoms with van der Waals surface area (Å²) < 4.78 is 0. The molecular formula is C15H19NO3. The zero-order valence-electron chi connectivity index (χ0n) is 11.2. The number of carboxylic acid groups (broad SMARTS) is 1. The van der Waals surface area contributed by atoms with Crippen molar-refractivity contribution in [2.45, 2.75) is 26.3 Å². The Balaban J connectivity index is 2.58. The largest absolute Gasteiger partial charge is 0.480 e. The molecule has 0 aromatic heterocycles. The van der Waals surface area contributed by atoms with E-state index in [2.05, 4.69) is 5.32 Å². The Hall–Kier alpha value is -2.10. The predicted molar refractivity (Wildman–Crippen MR) is 74.5 cm³/mol. The first-order valence-corrected chi connectivity index (χ1v) is 6.25. The number of carboxylic acids is 1. The second kappa shape index (κ2) is 7.36. The van der Waals surface area contributed by atoms with Crippen LogP contribution < -0.4 is 5.32 Å². The molecular weight excluding hydrogens is 242 g/mol. The van der Waals surface area contributed by atoms with E-state index in [0.717, 1.165) is 5.56 Å². The molecule has 19 heavy (non-hydrogen) atoms. The molecule has 0 bridgehead atoms. The summed E-state index contributed by atoms with van der Waals surface area (Å²) in [6, 6.07) is 8.72. The molecule has 1 aromatic rings. The normalized spacial score (nSPS) is 12.6. The number of aliphatic carboxylic acids is 1. The third kappa shape index (κ3) is 5.38. The first-order valence-electron chi connectivity index (χ1n) is 6.25. The van der Waals surface area contributed by atoms with Crippen LogP contribution in [0, 0.1) is 5.92 Å². The first kappa shape index (κ1) is 15.0. The summed E-state index contributed by atoms with van der Waals surface area (Å²) in [5.74, 6) is -1.49. The fourth-order valence-electron chi connectivity index (χ4n) is 1.46. The Bertz CT molecular complexity index is 452. The van der Waals surface area contributed by atoms with Gasteiger partial charge in [0.2, 0.25) is 5.91 Å². The van der Waals surface area contributed by atoms with Gasteiger partial charge in [0.1, 0.15) is 6.04 Å². The number of amides is 1. The van der Waals surface area contributed by atoms with Crippen LogP contribution in [0.15, 0.2) is 36.4 Å². The molecule has 102 valence electrons. The zero-order valence-corrected chi connectivity index (χ0v) is 11.2. The molecule has 2 N–H and O–H groups in total. The Morgan fingerprint density at radius 2 is 1.89 bits per heavy atom. The highest BCUT2D eigenvalue weighted by atomic mass is 16.4. The number of hydrogen-bond donors (Lipinski definition) is 2. The lowest BCUT2D eigenvalue weighted by Gasteiger charge is -2.14. The average Bonchev–Trinajstić information content (AvgIpc) is 2.38. The monoisotopic (exact) mass is 261 g/mol. The van der Waals surface area contributed by atoms with Gasteiger partial charge in [-0.2, -0.15) is 0 Å². The maximum absolute atomic E-state index is 11.5. The van der Waals surface area contributed by atoms with Crippen molar-refractivity contribution in [1.29, 1.82) is 0 Å². The number of nitrogens with one attached hydrogen (secondary N) is 1. The highest BCUT2D eigenvalue weighted by molar-refractivity contribution is 5.84. The van der Waals surface area contributed by atoms with Crippen molar-refractivity contribution < 1.29 is 14.7 Å². The molecule has 0 radical (unpaired) electrons. The van der Waals surface area contributed by atoms with Crippen molar-refractivity contribution in [1.82, 2.24) is 5.32 Å². The summed E-state index contributed by atoms with van der Waals surface area (Å²) in [6.45, 7) is 3.46. The van der Waals surface area contributed by atoms with E-state index in [0.29, 0.717) is 0 Å². The van der Waals surface area contributed by atoms with Crippen LogP contribution in [0.2, 0.25) is 0 Å². The third-order valence-electron chi connectivity index (χ3n) is 2.62. The Labute approximate surface area is 113 Å². The molecule has 0 saturated heterocycles. The average molecular weight is 261 g/mol. The van der Waals surface area contributed by atoms with Crippen LogP contribution in [0.3, 0.4) is 0 Å². The molecule has 0 fully saturated rings. The molecule has 0 aliphatic carbocycles. The van der Waals surface area contributed by atoms with E-state index >= 15 is 0 Å². The fraction of sp³-hybridized carbons (Fsp3) is 0.333. The highest BCUT2D eigenvalue weighted by Crippen LogP contribution is 2.04. The minimum atomic E-state index is -1.02. The lowest BCUT2D eigenvalue weighted by molar-refractivity contribution is -0.142. The van der Waals surface area contributed by atoms with Crippen molar-refractivity contribution in [3.63, 3.8) is 0 Å². The van der Waals surface area contributed by atoms with E-state index in [1.807, 2.05) is 36.4 Å². The molecule has 1 amide bonds. The first-order chi connectivity index (χ1) is 9.00. The molecule has 1 rings (SSSR count). The van der Waals surface area contributed by atoms with Gasteiger partial charge in [0.05, 0.1) is 0 Å². The molecule has 0 aliphatic rings. The minimum absolute atomic E-state index is 0.222. The van der Waals surface area contributed by atoms with E-state index in [1.165, 1.54) is 0 Å². The van der Waals surface area contributed by atoms with E-state index < -0.39 is 12.0 Å². The molecule has 4 nitrogen and oxygen atoms in total. The Morgan fingerprint density at radius 1 is 1.26 bits per heavy atom. The van der Waals surface area contributed by atoms with Gasteiger partial charge in [0.25, 0.3) is 0 Å². The van der Waals surface area contributed by atoms with Gasteiger partial charge in [0.15, 0.2) is 0 Å². The van der Waals surface area contributed by atoms with E-state index in [4.69, 9.17) is 5.11 Å². The second-order valence-corrected chi connectivity index (χ2v) is 4.60. The Kier molecular flexibility index (Phi) is 5.79. The number of benzene rings is 1. The van der Waals surface area contributed by atoms with Crippen LogP contribution in [0.1, 0.15) is 25.8 Å². The number of hydrogen-bond acceptors (Lipinski definition) is 2. The van der Waals surface area contributed by atoms with Crippen LogP contribution in [-0.2, 0) is 9.59 Å². The maximum atomic E-state index is 11.5. The molecule has 0 aliphatic heterocycles. The Morgan fingerprint density at radius 3 is 2.42 bits per heavy atom. The van der Waals surface area contributed by atoms with Gasteiger partial charge in [-0.25, -0.2) is 4.79 Å². The maximum Gasteiger partial charge on any atom is 0.326 e. The van der Waals surface area contributed by atoms with Crippen LogP contribution >= 0.6 is 0 Å². The number of rotatable bonds is 6. The standard InChI is InChI=1S/C15H19NO3/c1-11(2)14(17)16-13(15(18)19)10-6-9-12-7-4-3-5-8-12/h3-9,11,13H,10H2,1-2H3,(H,16,17)(H,18,19)/b9-6+/t13-/m0/s1. The third-order valence-corrected chi connectivity index (χ3v) is 2.62. The molecule has 0 saturated carbocycles. The summed E-state index contributed by atoms with van der Waals surface area (Å²) in [6.07, 6.45) is 3.87. The smallest absolute Gasteiger partial charge is 0.326 e. The molecule has 1 aromatic carbocycles. The molecule has 0 spiro atoms. The predicted octanol–water partition coefficient (Wildman–Crippen LogP) is 2.32. The van der Waals surface area contributed by atoms with Crippen molar-refractivity contribution in [2.75, 3.05) is 0 Å². The lowest BCUT2D eigenvalue weighted by Crippen LogP contribution is -2.42. The van der Waals surface area contributed by atoms with E-state index in [9.17, 15) is 9.59 Å². The summed E-state index contributed by atoms with van der Waals surface area (Å²) in [7, 11) is 0. The van der Waals surface area contributed by atoms with Crippen LogP contribution in [-0.4, -0.2) is 23.0 Å². The minimum Gasteiger partial charge on any atom is -0.480 e. The molecule has 0 unspecified atom stereocenters. The van der Waals surface area contributed by atoms with Crippen molar-refractivity contribution in [3.8, 4) is 0 Å². The summed E-state index contributed by atoms with van der Waals surface area (Å²) in [5, 5.41) is 11.6. The SMILES string of the molecule is CC(C)C(=O)N[C@@H](C/C=C/c1ccccc1)C(=O)O. The van der Waals surface area contributed by atoms with Crippen LogP contribution in [0.5, 0.6) is 0 Å². The van der Waals surface area contributed by atoms with Gasteiger partial charge in [-0.05, 0) is 12.0 Å². The molecule has 4 heteroatoms. The lowest BCUT2D eigenvalue weighted by atomic mass is 10.1. The van der Waals surface area contributed by atoms with E-state index in [-0.39, 0.29) is 18.2 Å². The fourth-order valence-corrected chi connectivity index (χ4v) is 1.46. The summed E-state index contributed by atoms with van der Waals surface area (Å²) >= 11 is 0. The van der Waals surface area contributed by atoms with Crippen LogP contribution in [0.4, 0.5) is 0 Å². The number of carbonyl (C=O) groups is 2. The molecule has 0 heterocycles. The van der Waals surface area contributed by atoms with Crippen molar-refractivity contribution >= 4 is 18.0 Å². The number of carbonyl (C=O) groups excluding carboxylic acids is 1. The topological polar surface area (TPSA) is 66.4 Å². The summed E-state index contributed by atoms with van der Waals surface area (Å²) in [5.41, 5.74) is 1.00. The van der Waals surface area contributed by atoms with Crippen molar-refractivity contribution in [2.24, 2.45) is 5.92 Å². The summed E-state index contributed by atoms with van der Waals surface area (Å²) in [4.78, 5) is 22.5. The highest BCUT2D eigenvalue weighted by Gasteiger charge is 2.19. The quantitative estimate of drug-likeness (QED) is 0.825. The van der Waals surface area contributed by atoms with Gasteiger partial charge in [0, 0.05) is 5.92 Å². The van der Waals surface area contributed by atoms with Crippen LogP contribution in [0.25, 0.3) is 6.08 Å². The van der Waals surface area contributed by atoms with Crippen molar-refractivity contribution in [3.05, 3.63) is 42.0 Å². The van der Waals surface area contributed by atoms with Gasteiger partial charge >= 0.3 is 5.97 Å². The second-order valence-electron chi connectivity index (χ2n) is 4.60. The van der Waals surface area contributed by atoms with Gasteiger partial charge < -0.3 is 10.4 Å². The molecule has 1 atom stereocenters. The zero-order chi connectivity index (χ0) is 14.3. The van der Waals surface area contributed by atoms with E-state index in [1.54, 1.807) is 19.9 Å². The van der Waals surface area contributed by atoms with Gasteiger partial charge in [-0.1, -0.05) is 56.3 Å².